The van der Waals surface area contributed by atoms with Gasteiger partial charge in [0.05, 0.1) is 0 Å². The van der Waals surface area contributed by atoms with Crippen molar-refractivity contribution in [1.29, 1.82) is 0 Å². The van der Waals surface area contributed by atoms with E-state index < -0.39 is 6.10 Å². The van der Waals surface area contributed by atoms with Gasteiger partial charge in [-0.25, -0.2) is 0 Å². The van der Waals surface area contributed by atoms with E-state index in [2.05, 4.69) is 21.2 Å². The number of hydrogen-bond acceptors (Lipinski definition) is 5. The number of nitrogens with one attached hydrogen (secondary N) is 1. The van der Waals surface area contributed by atoms with Crippen LogP contribution >= 0.6 is 0 Å². The van der Waals surface area contributed by atoms with Crippen molar-refractivity contribution in [1.82, 2.24) is 15.2 Å². The van der Waals surface area contributed by atoms with Crippen molar-refractivity contribution in [2.24, 2.45) is 0 Å². The van der Waals surface area contributed by atoms with Gasteiger partial charge >= 0.3 is 5.97 Å². The first kappa shape index (κ1) is 18.0. The van der Waals surface area contributed by atoms with Crippen LogP contribution < -0.4 is 0 Å². The number of ether oxygens (including phenoxy) is 1. The topological polar surface area (TPSA) is 81.0 Å². The van der Waals surface area contributed by atoms with Gasteiger partial charge < -0.3 is 14.1 Å². The predicted molar refractivity (Wildman–Crippen MR) is 105 cm³/mol. The normalized spacial score (nSPS) is 12.2. The molecule has 1 N–H and O–H groups in total. The van der Waals surface area contributed by atoms with E-state index in [1.165, 1.54) is 10.9 Å². The molecule has 0 aliphatic heterocycles. The van der Waals surface area contributed by atoms with E-state index in [9.17, 15) is 4.79 Å². The number of nitrogens with zero attached hydrogens (tertiary/aromatic N) is 2. The number of rotatable bonds is 7. The lowest BCUT2D eigenvalue weighted by molar-refractivity contribution is -0.149. The zero-order chi connectivity index (χ0) is 19.3. The van der Waals surface area contributed by atoms with Crippen molar-refractivity contribution in [2.75, 3.05) is 0 Å². The molecule has 6 nitrogen and oxygen atoms in total. The molecule has 0 bridgehead atoms. The van der Waals surface area contributed by atoms with Crippen LogP contribution in [0.3, 0.4) is 0 Å². The van der Waals surface area contributed by atoms with Gasteiger partial charge in [-0.3, -0.25) is 4.79 Å². The van der Waals surface area contributed by atoms with Crippen LogP contribution in [0.5, 0.6) is 0 Å². The minimum absolute atomic E-state index is 0.271. The lowest BCUT2D eigenvalue weighted by atomic mass is 10.1. The second-order valence-electron chi connectivity index (χ2n) is 6.66. The van der Waals surface area contributed by atoms with E-state index in [4.69, 9.17) is 9.15 Å². The first-order valence-corrected chi connectivity index (χ1v) is 9.34. The third-order valence-corrected chi connectivity index (χ3v) is 4.62. The number of carbonyl (C=O) groups excluding carboxylic acids is 1. The number of fused-ring (bicyclic) bond motifs is 1. The number of H-pyrrole nitrogens is 1. The Bertz CT molecular complexity index is 1070. The van der Waals surface area contributed by atoms with Gasteiger partial charge in [-0.2, -0.15) is 0 Å². The maximum absolute atomic E-state index is 12.2. The molecule has 6 heteroatoms. The van der Waals surface area contributed by atoms with Crippen LogP contribution in [-0.4, -0.2) is 21.2 Å². The summed E-state index contributed by atoms with van der Waals surface area (Å²) in [6, 6.07) is 17.6. The molecule has 4 aromatic rings. The minimum atomic E-state index is -0.578. The molecule has 1 atom stereocenters. The lowest BCUT2D eigenvalue weighted by Gasteiger charge is -2.09. The molecular formula is C22H21N3O3. The predicted octanol–water partition coefficient (Wildman–Crippen LogP) is 4.85. The van der Waals surface area contributed by atoms with Gasteiger partial charge in [0.1, 0.15) is 0 Å². The van der Waals surface area contributed by atoms with Crippen LogP contribution in [0.25, 0.3) is 22.4 Å². The van der Waals surface area contributed by atoms with E-state index in [-0.39, 0.29) is 5.97 Å². The monoisotopic (exact) mass is 375 g/mol. The Morgan fingerprint density at radius 3 is 2.75 bits per heavy atom. The second kappa shape index (κ2) is 8.08. The summed E-state index contributed by atoms with van der Waals surface area (Å²) >= 11 is 0. The molecule has 0 aliphatic rings. The molecular weight excluding hydrogens is 354 g/mol. The molecule has 2 aromatic heterocycles. The SMILES string of the molecule is C[C@H](OC(=O)CCCc1c[nH]c2ccccc12)c1nnc(-c2ccccc2)o1. The average Bonchev–Trinajstić information content (AvgIpc) is 3.37. The number of esters is 1. The molecule has 0 fully saturated rings. The molecule has 0 radical (unpaired) electrons. The van der Waals surface area contributed by atoms with E-state index in [0.29, 0.717) is 24.6 Å². The molecule has 0 unspecified atom stereocenters. The molecule has 0 saturated carbocycles. The summed E-state index contributed by atoms with van der Waals surface area (Å²) < 4.78 is 11.1. The van der Waals surface area contributed by atoms with Gasteiger partial charge in [0.2, 0.25) is 5.89 Å². The third kappa shape index (κ3) is 3.96. The number of benzene rings is 2. The van der Waals surface area contributed by atoms with Crippen molar-refractivity contribution in [3.05, 3.63) is 72.2 Å². The van der Waals surface area contributed by atoms with Gasteiger partial charge in [-0.1, -0.05) is 36.4 Å². The fourth-order valence-corrected chi connectivity index (χ4v) is 3.16. The summed E-state index contributed by atoms with van der Waals surface area (Å²) in [6.45, 7) is 1.74. The largest absolute Gasteiger partial charge is 0.453 e. The number of aryl methyl sites for hydroxylation is 1. The highest BCUT2D eigenvalue weighted by Gasteiger charge is 2.19. The second-order valence-corrected chi connectivity index (χ2v) is 6.66. The van der Waals surface area contributed by atoms with Crippen molar-refractivity contribution in [3.8, 4) is 11.5 Å². The number of para-hydroxylation sites is 1. The first-order valence-electron chi connectivity index (χ1n) is 9.34. The smallest absolute Gasteiger partial charge is 0.306 e. The summed E-state index contributed by atoms with van der Waals surface area (Å²) in [6.07, 6.45) is 3.29. The Morgan fingerprint density at radius 2 is 1.89 bits per heavy atom. The zero-order valence-corrected chi connectivity index (χ0v) is 15.6. The maximum Gasteiger partial charge on any atom is 0.306 e. The Kier molecular flexibility index (Phi) is 5.19. The lowest BCUT2D eigenvalue weighted by Crippen LogP contribution is -2.09. The van der Waals surface area contributed by atoms with Crippen molar-refractivity contribution in [2.45, 2.75) is 32.3 Å². The fourth-order valence-electron chi connectivity index (χ4n) is 3.16. The highest BCUT2D eigenvalue weighted by Crippen LogP contribution is 2.23. The molecule has 0 spiro atoms. The van der Waals surface area contributed by atoms with Crippen LogP contribution in [0.1, 0.15) is 37.3 Å². The summed E-state index contributed by atoms with van der Waals surface area (Å²) in [7, 11) is 0. The van der Waals surface area contributed by atoms with Crippen molar-refractivity contribution in [3.63, 3.8) is 0 Å². The highest BCUT2D eigenvalue weighted by molar-refractivity contribution is 5.83. The fraction of sp³-hybridized carbons (Fsp3) is 0.227. The van der Waals surface area contributed by atoms with Crippen molar-refractivity contribution >= 4 is 16.9 Å². The van der Waals surface area contributed by atoms with Crippen LogP contribution in [0.2, 0.25) is 0 Å². The Balaban J connectivity index is 1.29. The van der Waals surface area contributed by atoms with Crippen LogP contribution in [-0.2, 0) is 16.0 Å². The van der Waals surface area contributed by atoms with Gasteiger partial charge in [0, 0.05) is 29.1 Å². The molecule has 2 aromatic carbocycles. The minimum Gasteiger partial charge on any atom is -0.453 e. The van der Waals surface area contributed by atoms with Crippen LogP contribution in [0.15, 0.2) is 65.2 Å². The number of hydrogen-bond donors (Lipinski definition) is 1. The van der Waals surface area contributed by atoms with Crippen LogP contribution in [0, 0.1) is 0 Å². The van der Waals surface area contributed by atoms with Gasteiger partial charge in [-0.15, -0.1) is 10.2 Å². The Hall–Kier alpha value is -3.41. The number of carbonyl (C=O) groups is 1. The van der Waals surface area contributed by atoms with Crippen molar-refractivity contribution < 1.29 is 13.9 Å². The van der Waals surface area contributed by atoms with Gasteiger partial charge in [0.15, 0.2) is 6.10 Å². The zero-order valence-electron chi connectivity index (χ0n) is 15.6. The third-order valence-electron chi connectivity index (χ3n) is 4.62. The highest BCUT2D eigenvalue weighted by atomic mass is 16.6. The van der Waals surface area contributed by atoms with E-state index in [0.717, 1.165) is 17.5 Å². The Labute approximate surface area is 162 Å². The molecule has 0 saturated heterocycles. The number of aromatic amines is 1. The summed E-state index contributed by atoms with van der Waals surface area (Å²) in [5, 5.41) is 9.23. The quantitative estimate of drug-likeness (QED) is 0.467. The summed E-state index contributed by atoms with van der Waals surface area (Å²) in [5.74, 6) is 0.438. The average molecular weight is 375 g/mol. The van der Waals surface area contributed by atoms with E-state index in [1.54, 1.807) is 6.92 Å². The summed E-state index contributed by atoms with van der Waals surface area (Å²) in [5.41, 5.74) is 3.15. The molecule has 2 heterocycles. The molecule has 0 aliphatic carbocycles. The maximum atomic E-state index is 12.2. The van der Waals surface area contributed by atoms with Crippen LogP contribution in [0.4, 0.5) is 0 Å². The Morgan fingerprint density at radius 1 is 1.11 bits per heavy atom. The van der Waals surface area contributed by atoms with Gasteiger partial charge in [0.25, 0.3) is 5.89 Å². The molecule has 28 heavy (non-hydrogen) atoms. The molecule has 4 rings (SSSR count). The molecule has 0 amide bonds. The first-order chi connectivity index (χ1) is 13.7. The van der Waals surface area contributed by atoms with E-state index >= 15 is 0 Å². The van der Waals surface area contributed by atoms with Gasteiger partial charge in [-0.05, 0) is 43.5 Å². The molecule has 142 valence electrons. The number of aromatic nitrogens is 3. The van der Waals surface area contributed by atoms with E-state index in [1.807, 2.05) is 54.7 Å². The standard InChI is InChI=1S/C22H21N3O3/c1-15(21-24-25-22(28-21)16-8-3-2-4-9-16)27-20(26)13-7-10-17-14-23-19-12-6-5-11-18(17)19/h2-6,8-9,11-12,14-15,23H,7,10,13H2,1H3/t15-/m0/s1. The summed E-state index contributed by atoms with van der Waals surface area (Å²) in [4.78, 5) is 15.4.